The Morgan fingerprint density at radius 3 is 2.83 bits per heavy atom. The van der Waals surface area contributed by atoms with Crippen LogP contribution < -0.4 is 20.1 Å². The Hall–Kier alpha value is -3.02. The number of hydrogen-bond donors (Lipinski definition) is 1. The molecule has 0 saturated carbocycles. The van der Waals surface area contributed by atoms with E-state index in [4.69, 9.17) is 15.2 Å². The summed E-state index contributed by atoms with van der Waals surface area (Å²) in [5, 5.41) is 0. The zero-order chi connectivity index (χ0) is 17.3. The lowest BCUT2D eigenvalue weighted by Crippen LogP contribution is -2.35. The van der Waals surface area contributed by atoms with Gasteiger partial charge in [-0.05, 0) is 37.3 Å². The largest absolute Gasteiger partial charge is 0.482 e. The summed E-state index contributed by atoms with van der Waals surface area (Å²) in [6, 6.07) is 11.9. The summed E-state index contributed by atoms with van der Waals surface area (Å²) in [5.74, 6) is 0.769. The normalized spacial score (nSPS) is 14.6. The van der Waals surface area contributed by atoms with Crippen LogP contribution in [0.4, 0.5) is 11.4 Å². The van der Waals surface area contributed by atoms with Gasteiger partial charge >= 0.3 is 0 Å². The van der Waals surface area contributed by atoms with Crippen LogP contribution in [0, 0.1) is 0 Å². The van der Waals surface area contributed by atoms with Crippen LogP contribution in [-0.2, 0) is 4.79 Å². The number of nitrogens with two attached hydrogens (primary N) is 1. The second kappa shape index (κ2) is 6.23. The molecule has 0 bridgehead atoms. The maximum absolute atomic E-state index is 12.6. The number of nitrogens with zero attached hydrogens (tertiary/aromatic N) is 1. The van der Waals surface area contributed by atoms with Crippen LogP contribution in [0.1, 0.15) is 17.3 Å². The maximum Gasteiger partial charge on any atom is 0.264 e. The van der Waals surface area contributed by atoms with Crippen LogP contribution in [0.25, 0.3) is 0 Å². The first kappa shape index (κ1) is 15.9. The van der Waals surface area contributed by atoms with E-state index in [1.807, 2.05) is 0 Å². The molecule has 1 amide bonds. The maximum atomic E-state index is 12.6. The Balaban J connectivity index is 1.81. The van der Waals surface area contributed by atoms with Crippen molar-refractivity contribution in [1.82, 2.24) is 0 Å². The van der Waals surface area contributed by atoms with E-state index in [1.165, 1.54) is 4.90 Å². The minimum atomic E-state index is -0.685. The molecule has 0 aromatic heterocycles. The lowest BCUT2D eigenvalue weighted by atomic mass is 10.0. The van der Waals surface area contributed by atoms with Gasteiger partial charge in [-0.1, -0.05) is 6.07 Å². The molecule has 0 radical (unpaired) electrons. The Bertz CT molecular complexity index is 803. The lowest BCUT2D eigenvalue weighted by molar-refractivity contribution is -0.120. The van der Waals surface area contributed by atoms with Crippen LogP contribution in [0.5, 0.6) is 11.5 Å². The molecule has 2 N–H and O–H groups in total. The Morgan fingerprint density at radius 1 is 1.29 bits per heavy atom. The molecule has 0 spiro atoms. The number of amides is 1. The number of benzene rings is 2. The van der Waals surface area contributed by atoms with E-state index < -0.39 is 6.10 Å². The topological polar surface area (TPSA) is 81.9 Å². The molecule has 0 aliphatic carbocycles. The van der Waals surface area contributed by atoms with Gasteiger partial charge in [-0.25, -0.2) is 0 Å². The average molecular weight is 326 g/mol. The molecule has 2 aromatic carbocycles. The minimum Gasteiger partial charge on any atom is -0.482 e. The van der Waals surface area contributed by atoms with Crippen molar-refractivity contribution in [2.24, 2.45) is 0 Å². The molecule has 1 aliphatic rings. The Labute approximate surface area is 139 Å². The molecule has 6 heteroatoms. The van der Waals surface area contributed by atoms with Gasteiger partial charge in [-0.15, -0.1) is 0 Å². The molecule has 24 heavy (non-hydrogen) atoms. The minimum absolute atomic E-state index is 0.00569. The molecule has 1 heterocycles. The van der Waals surface area contributed by atoms with E-state index in [-0.39, 0.29) is 18.3 Å². The quantitative estimate of drug-likeness (QED) is 0.688. The van der Waals surface area contributed by atoms with Crippen LogP contribution in [0.2, 0.25) is 0 Å². The van der Waals surface area contributed by atoms with Crippen molar-refractivity contribution >= 4 is 23.1 Å². The first-order chi connectivity index (χ1) is 11.5. The third kappa shape index (κ3) is 3.03. The number of fused-ring (bicyclic) bond motifs is 1. The zero-order valence-electron chi connectivity index (χ0n) is 13.5. The second-order valence-corrected chi connectivity index (χ2v) is 5.62. The Morgan fingerprint density at radius 2 is 2.08 bits per heavy atom. The SMILES string of the molecule is CC(Oc1cccc(N)c1)C(=O)c1ccc2c(c1)N(C)C(=O)CO2. The summed E-state index contributed by atoms with van der Waals surface area (Å²) < 4.78 is 11.0. The molecule has 6 nitrogen and oxygen atoms in total. The van der Waals surface area contributed by atoms with Gasteiger partial charge in [0.25, 0.3) is 5.91 Å². The van der Waals surface area contributed by atoms with Gasteiger partial charge < -0.3 is 20.1 Å². The smallest absolute Gasteiger partial charge is 0.264 e. The number of ether oxygens (including phenoxy) is 2. The molecule has 1 aliphatic heterocycles. The number of hydrogen-bond acceptors (Lipinski definition) is 5. The lowest BCUT2D eigenvalue weighted by Gasteiger charge is -2.26. The molecular weight excluding hydrogens is 308 g/mol. The van der Waals surface area contributed by atoms with Crippen molar-refractivity contribution in [2.45, 2.75) is 13.0 Å². The number of carbonyl (C=O) groups excluding carboxylic acids is 2. The zero-order valence-corrected chi connectivity index (χ0v) is 13.5. The molecule has 2 aromatic rings. The standard InChI is InChI=1S/C18H18N2O4/c1-11(24-14-5-3-4-13(19)9-14)18(22)12-6-7-16-15(8-12)20(2)17(21)10-23-16/h3-9,11H,10,19H2,1-2H3. The van der Waals surface area contributed by atoms with Crippen molar-refractivity contribution in [1.29, 1.82) is 0 Å². The Kier molecular flexibility index (Phi) is 4.12. The first-order valence-corrected chi connectivity index (χ1v) is 7.55. The van der Waals surface area contributed by atoms with E-state index in [1.54, 1.807) is 56.4 Å². The predicted octanol–water partition coefficient (Wildman–Crippen LogP) is 2.27. The van der Waals surface area contributed by atoms with Crippen molar-refractivity contribution in [3.8, 4) is 11.5 Å². The van der Waals surface area contributed by atoms with Gasteiger partial charge in [-0.2, -0.15) is 0 Å². The molecule has 124 valence electrons. The van der Waals surface area contributed by atoms with Gasteiger partial charge in [0.15, 0.2) is 12.7 Å². The predicted molar refractivity (Wildman–Crippen MR) is 90.6 cm³/mol. The van der Waals surface area contributed by atoms with Crippen LogP contribution >= 0.6 is 0 Å². The van der Waals surface area contributed by atoms with Crippen LogP contribution in [0.3, 0.4) is 0 Å². The number of rotatable bonds is 4. The fourth-order valence-electron chi connectivity index (χ4n) is 2.51. The van der Waals surface area contributed by atoms with Gasteiger partial charge in [0.05, 0.1) is 5.69 Å². The molecule has 1 atom stereocenters. The van der Waals surface area contributed by atoms with Crippen LogP contribution in [-0.4, -0.2) is 31.4 Å². The van der Waals surface area contributed by atoms with E-state index in [9.17, 15) is 9.59 Å². The molecule has 1 unspecified atom stereocenters. The van der Waals surface area contributed by atoms with Crippen LogP contribution in [0.15, 0.2) is 42.5 Å². The highest BCUT2D eigenvalue weighted by atomic mass is 16.5. The number of anilines is 2. The van der Waals surface area contributed by atoms with Crippen molar-refractivity contribution in [3.05, 3.63) is 48.0 Å². The van der Waals surface area contributed by atoms with Gasteiger partial charge in [0, 0.05) is 24.4 Å². The highest BCUT2D eigenvalue weighted by Crippen LogP contribution is 2.32. The number of carbonyl (C=O) groups is 2. The summed E-state index contributed by atoms with van der Waals surface area (Å²) in [4.78, 5) is 25.8. The summed E-state index contributed by atoms with van der Waals surface area (Å²) in [6.45, 7) is 1.68. The monoisotopic (exact) mass is 326 g/mol. The highest BCUT2D eigenvalue weighted by molar-refractivity contribution is 6.03. The van der Waals surface area contributed by atoms with E-state index in [0.29, 0.717) is 28.4 Å². The average Bonchev–Trinajstić information content (AvgIpc) is 2.57. The highest BCUT2D eigenvalue weighted by Gasteiger charge is 2.25. The number of likely N-dealkylation sites (N-methyl/N-ethyl adjacent to an activating group) is 1. The first-order valence-electron chi connectivity index (χ1n) is 7.55. The van der Waals surface area contributed by atoms with Crippen molar-refractivity contribution in [3.63, 3.8) is 0 Å². The second-order valence-electron chi connectivity index (χ2n) is 5.62. The fraction of sp³-hybridized carbons (Fsp3) is 0.222. The summed E-state index contributed by atoms with van der Waals surface area (Å²) in [7, 11) is 1.66. The van der Waals surface area contributed by atoms with Gasteiger partial charge in [0.2, 0.25) is 5.78 Å². The summed E-state index contributed by atoms with van der Waals surface area (Å²) >= 11 is 0. The van der Waals surface area contributed by atoms with Gasteiger partial charge in [-0.3, -0.25) is 9.59 Å². The summed E-state index contributed by atoms with van der Waals surface area (Å²) in [6.07, 6.45) is -0.685. The van der Waals surface area contributed by atoms with Crippen molar-refractivity contribution < 1.29 is 19.1 Å². The number of nitrogen functional groups attached to an aromatic ring is 1. The third-order valence-corrected chi connectivity index (χ3v) is 3.87. The van der Waals surface area contributed by atoms with E-state index in [0.717, 1.165) is 0 Å². The number of Topliss-reactive ketones (excluding diaryl/α,β-unsaturated/α-hetero) is 1. The molecule has 3 rings (SSSR count). The fourth-order valence-corrected chi connectivity index (χ4v) is 2.51. The van der Waals surface area contributed by atoms with E-state index in [2.05, 4.69) is 0 Å². The molecule has 0 saturated heterocycles. The summed E-state index contributed by atoms with van der Waals surface area (Å²) in [5.41, 5.74) is 7.31. The number of ketones is 1. The van der Waals surface area contributed by atoms with E-state index >= 15 is 0 Å². The molecule has 0 fully saturated rings. The van der Waals surface area contributed by atoms with Crippen molar-refractivity contribution in [2.75, 3.05) is 24.3 Å². The van der Waals surface area contributed by atoms with Gasteiger partial charge in [0.1, 0.15) is 11.5 Å². The third-order valence-electron chi connectivity index (χ3n) is 3.87. The molecular formula is C18H18N2O4.